The molecular formula is C22H23Cl3FN3O2. The van der Waals surface area contributed by atoms with Crippen LogP contribution in [-0.4, -0.2) is 41.0 Å². The summed E-state index contributed by atoms with van der Waals surface area (Å²) in [5.41, 5.74) is 0.923. The van der Waals surface area contributed by atoms with Gasteiger partial charge in [0.2, 0.25) is 5.91 Å². The number of anilines is 1. The van der Waals surface area contributed by atoms with E-state index < -0.39 is 11.6 Å². The molecule has 0 fully saturated rings. The minimum atomic E-state index is -0.507. The number of carbonyl (C=O) groups excluding carboxylic acids is 1. The van der Waals surface area contributed by atoms with E-state index in [0.29, 0.717) is 24.0 Å². The molecule has 1 amide bonds. The zero-order valence-electron chi connectivity index (χ0n) is 16.6. The predicted octanol–water partition coefficient (Wildman–Crippen LogP) is 5.39. The quantitative estimate of drug-likeness (QED) is 0.293. The molecule has 1 aliphatic heterocycles. The fourth-order valence-corrected chi connectivity index (χ4v) is 3.47. The van der Waals surface area contributed by atoms with E-state index in [4.69, 9.17) is 27.9 Å². The summed E-state index contributed by atoms with van der Waals surface area (Å²) in [5, 5.41) is 3.37. The number of hydrogen-bond acceptors (Lipinski definition) is 4. The predicted molar refractivity (Wildman–Crippen MR) is 125 cm³/mol. The molecular weight excluding hydrogens is 464 g/mol. The zero-order chi connectivity index (χ0) is 21.5. The van der Waals surface area contributed by atoms with Crippen LogP contribution in [0.3, 0.4) is 0 Å². The Morgan fingerprint density at radius 3 is 2.52 bits per heavy atom. The van der Waals surface area contributed by atoms with E-state index in [2.05, 4.69) is 11.9 Å². The molecule has 0 aliphatic carbocycles. The van der Waals surface area contributed by atoms with Gasteiger partial charge in [-0.3, -0.25) is 4.79 Å². The molecule has 1 aliphatic rings. The van der Waals surface area contributed by atoms with E-state index in [1.165, 1.54) is 24.3 Å². The third kappa shape index (κ3) is 7.14. The van der Waals surface area contributed by atoms with Gasteiger partial charge in [-0.05, 0) is 42.0 Å². The SMILES string of the molecule is C=CCOC(c1ccc(Cl)cc1)C(Cl)N1C=CN(CC(=O)Nc2ccc(F)cc2)C1.Cl. The summed E-state index contributed by atoms with van der Waals surface area (Å²) in [7, 11) is 0. The molecule has 2 unspecified atom stereocenters. The highest BCUT2D eigenvalue weighted by molar-refractivity contribution is 6.30. The number of amides is 1. The van der Waals surface area contributed by atoms with E-state index >= 15 is 0 Å². The Balaban J connectivity index is 0.00000341. The van der Waals surface area contributed by atoms with Crippen LogP contribution in [0.1, 0.15) is 11.7 Å². The van der Waals surface area contributed by atoms with Crippen molar-refractivity contribution in [3.8, 4) is 0 Å². The maximum absolute atomic E-state index is 13.0. The first-order chi connectivity index (χ1) is 14.5. The summed E-state index contributed by atoms with van der Waals surface area (Å²) < 4.78 is 18.9. The molecule has 1 heterocycles. The van der Waals surface area contributed by atoms with Crippen molar-refractivity contribution in [1.29, 1.82) is 0 Å². The summed E-state index contributed by atoms with van der Waals surface area (Å²) in [6.07, 6.45) is 4.87. The molecule has 0 spiro atoms. The third-order valence-electron chi connectivity index (χ3n) is 4.45. The molecule has 9 heteroatoms. The van der Waals surface area contributed by atoms with Crippen molar-refractivity contribution in [3.05, 3.63) is 90.0 Å². The molecule has 2 aromatic rings. The normalized spacial score (nSPS) is 14.7. The van der Waals surface area contributed by atoms with Crippen molar-refractivity contribution < 1.29 is 13.9 Å². The monoisotopic (exact) mass is 485 g/mol. The third-order valence-corrected chi connectivity index (χ3v) is 5.18. The zero-order valence-corrected chi connectivity index (χ0v) is 18.9. The van der Waals surface area contributed by atoms with Crippen molar-refractivity contribution in [1.82, 2.24) is 9.80 Å². The second kappa shape index (κ2) is 12.0. The lowest BCUT2D eigenvalue weighted by Crippen LogP contribution is -2.38. The van der Waals surface area contributed by atoms with Gasteiger partial charge in [-0.1, -0.05) is 41.4 Å². The molecule has 166 valence electrons. The lowest BCUT2D eigenvalue weighted by atomic mass is 10.1. The molecule has 0 saturated heterocycles. The Kier molecular flexibility index (Phi) is 9.65. The number of ether oxygens (including phenoxy) is 1. The first kappa shape index (κ1) is 25.0. The van der Waals surface area contributed by atoms with Crippen molar-refractivity contribution in [2.45, 2.75) is 11.6 Å². The van der Waals surface area contributed by atoms with E-state index in [0.717, 1.165) is 5.56 Å². The highest BCUT2D eigenvalue weighted by atomic mass is 35.5. The average molecular weight is 487 g/mol. The molecule has 0 radical (unpaired) electrons. The number of nitrogens with zero attached hydrogens (tertiary/aromatic N) is 2. The second-order valence-electron chi connectivity index (χ2n) is 6.72. The molecule has 1 N–H and O–H groups in total. The lowest BCUT2D eigenvalue weighted by molar-refractivity contribution is -0.117. The van der Waals surface area contributed by atoms with Crippen LogP contribution in [-0.2, 0) is 9.53 Å². The molecule has 3 rings (SSSR count). The Bertz CT molecular complexity index is 894. The maximum Gasteiger partial charge on any atom is 0.243 e. The number of alkyl halides is 1. The first-order valence-electron chi connectivity index (χ1n) is 9.32. The Labute approximate surface area is 197 Å². The van der Waals surface area contributed by atoms with Gasteiger partial charge in [0.15, 0.2) is 0 Å². The van der Waals surface area contributed by atoms with Gasteiger partial charge < -0.3 is 19.9 Å². The average Bonchev–Trinajstić information content (AvgIpc) is 3.19. The highest BCUT2D eigenvalue weighted by Gasteiger charge is 2.29. The van der Waals surface area contributed by atoms with E-state index in [1.807, 2.05) is 28.1 Å². The summed E-state index contributed by atoms with van der Waals surface area (Å²) in [6.45, 7) is 4.59. The first-order valence-corrected chi connectivity index (χ1v) is 10.1. The molecule has 0 bridgehead atoms. The maximum atomic E-state index is 13.0. The summed E-state index contributed by atoms with van der Waals surface area (Å²) in [5.74, 6) is -0.565. The van der Waals surface area contributed by atoms with Gasteiger partial charge in [-0.15, -0.1) is 19.0 Å². The molecule has 2 aromatic carbocycles. The highest BCUT2D eigenvalue weighted by Crippen LogP contribution is 2.30. The topological polar surface area (TPSA) is 44.8 Å². The minimum Gasteiger partial charge on any atom is -0.366 e. The smallest absolute Gasteiger partial charge is 0.243 e. The number of nitrogens with one attached hydrogen (secondary N) is 1. The molecule has 2 atom stereocenters. The van der Waals surface area contributed by atoms with Crippen molar-refractivity contribution >= 4 is 47.2 Å². The van der Waals surface area contributed by atoms with Gasteiger partial charge in [-0.2, -0.15) is 0 Å². The molecule has 0 saturated carbocycles. The van der Waals surface area contributed by atoms with E-state index in [1.54, 1.807) is 24.4 Å². The number of carbonyl (C=O) groups is 1. The Morgan fingerprint density at radius 2 is 1.87 bits per heavy atom. The Morgan fingerprint density at radius 1 is 1.19 bits per heavy atom. The summed E-state index contributed by atoms with van der Waals surface area (Å²) in [6, 6.07) is 13.0. The van der Waals surface area contributed by atoms with Crippen LogP contribution in [0.15, 0.2) is 73.6 Å². The molecule has 5 nitrogen and oxygen atoms in total. The molecule has 31 heavy (non-hydrogen) atoms. The van der Waals surface area contributed by atoms with Crippen molar-refractivity contribution in [3.63, 3.8) is 0 Å². The van der Waals surface area contributed by atoms with E-state index in [9.17, 15) is 9.18 Å². The number of hydrogen-bond donors (Lipinski definition) is 1. The lowest BCUT2D eigenvalue weighted by Gasteiger charge is -2.31. The minimum absolute atomic E-state index is 0. The summed E-state index contributed by atoms with van der Waals surface area (Å²) in [4.78, 5) is 16.0. The van der Waals surface area contributed by atoms with Crippen LogP contribution in [0.25, 0.3) is 0 Å². The van der Waals surface area contributed by atoms with E-state index in [-0.39, 0.29) is 30.7 Å². The van der Waals surface area contributed by atoms with Crippen LogP contribution in [0, 0.1) is 5.82 Å². The van der Waals surface area contributed by atoms with Gasteiger partial charge >= 0.3 is 0 Å². The number of halogens is 4. The number of rotatable bonds is 9. The largest absolute Gasteiger partial charge is 0.366 e. The van der Waals surface area contributed by atoms with Gasteiger partial charge in [0, 0.05) is 23.1 Å². The second-order valence-corrected chi connectivity index (χ2v) is 7.61. The van der Waals surface area contributed by atoms with Gasteiger partial charge in [0.05, 0.1) is 19.8 Å². The van der Waals surface area contributed by atoms with Crippen LogP contribution >= 0.6 is 35.6 Å². The van der Waals surface area contributed by atoms with Crippen LogP contribution < -0.4 is 5.32 Å². The molecule has 0 aromatic heterocycles. The standard InChI is InChI=1S/C22H22Cl2FN3O2.ClH/c1-2-13-30-21(16-3-5-17(23)6-4-16)22(24)28-12-11-27(15-28)14-20(29)26-19-9-7-18(25)8-10-19;/h2-12,21-22H,1,13-15H2,(H,26,29);1H. The van der Waals surface area contributed by atoms with Gasteiger partial charge in [0.25, 0.3) is 0 Å². The summed E-state index contributed by atoms with van der Waals surface area (Å²) >= 11 is 12.7. The fourth-order valence-electron chi connectivity index (χ4n) is 3.00. The Hall–Kier alpha value is -2.25. The number of benzene rings is 2. The van der Waals surface area contributed by atoms with Crippen molar-refractivity contribution in [2.24, 2.45) is 0 Å². The fraction of sp³-hybridized carbons (Fsp3) is 0.227. The van der Waals surface area contributed by atoms with Crippen LogP contribution in [0.4, 0.5) is 10.1 Å². The van der Waals surface area contributed by atoms with Crippen LogP contribution in [0.5, 0.6) is 0 Å². The van der Waals surface area contributed by atoms with Gasteiger partial charge in [0.1, 0.15) is 17.4 Å². The van der Waals surface area contributed by atoms with Gasteiger partial charge in [-0.25, -0.2) is 4.39 Å². The van der Waals surface area contributed by atoms with Crippen LogP contribution in [0.2, 0.25) is 5.02 Å². The van der Waals surface area contributed by atoms with Crippen molar-refractivity contribution in [2.75, 3.05) is 25.1 Å².